The van der Waals surface area contributed by atoms with Crippen molar-refractivity contribution in [2.75, 3.05) is 12.4 Å². The lowest BCUT2D eigenvalue weighted by atomic mass is 10.2. The van der Waals surface area contributed by atoms with Crippen molar-refractivity contribution in [3.63, 3.8) is 0 Å². The Morgan fingerprint density at radius 3 is 2.52 bits per heavy atom. The highest BCUT2D eigenvalue weighted by Crippen LogP contribution is 2.17. The fraction of sp³-hybridized carbons (Fsp3) is 0.0667. The zero-order chi connectivity index (χ0) is 16.8. The molecule has 23 heavy (non-hydrogen) atoms. The van der Waals surface area contributed by atoms with Crippen molar-refractivity contribution in [1.82, 2.24) is 10.3 Å². The van der Waals surface area contributed by atoms with Crippen LogP contribution in [0.2, 0.25) is 0 Å². The van der Waals surface area contributed by atoms with Crippen LogP contribution in [-0.2, 0) is 0 Å². The summed E-state index contributed by atoms with van der Waals surface area (Å²) in [5, 5.41) is 14.1. The molecule has 0 atom stereocenters. The Hall–Kier alpha value is -3.00. The maximum atomic E-state index is 12.0. The summed E-state index contributed by atoms with van der Waals surface area (Å²) < 4.78 is 5.00. The molecule has 3 N–H and O–H groups in total. The first-order valence-electron chi connectivity index (χ1n) is 6.46. The molecular formula is C15H13N3O4S. The van der Waals surface area contributed by atoms with E-state index in [4.69, 9.17) is 22.1 Å². The number of hydrogen-bond donors (Lipinski definition) is 3. The second-order valence-corrected chi connectivity index (χ2v) is 4.77. The summed E-state index contributed by atoms with van der Waals surface area (Å²) in [6.45, 7) is 0. The lowest BCUT2D eigenvalue weighted by Crippen LogP contribution is -2.34. The molecule has 1 heterocycles. The monoisotopic (exact) mass is 331 g/mol. The van der Waals surface area contributed by atoms with Crippen molar-refractivity contribution in [1.29, 1.82) is 0 Å². The van der Waals surface area contributed by atoms with Gasteiger partial charge < -0.3 is 15.2 Å². The average Bonchev–Trinajstić information content (AvgIpc) is 2.55. The summed E-state index contributed by atoms with van der Waals surface area (Å²) in [6, 6.07) is 11.3. The molecule has 1 amide bonds. The van der Waals surface area contributed by atoms with Crippen LogP contribution >= 0.6 is 12.2 Å². The second kappa shape index (κ2) is 7.32. The van der Waals surface area contributed by atoms with Crippen LogP contribution in [0.3, 0.4) is 0 Å². The molecule has 0 saturated carbocycles. The third kappa shape index (κ3) is 4.48. The summed E-state index contributed by atoms with van der Waals surface area (Å²) >= 11 is 5.03. The lowest BCUT2D eigenvalue weighted by Gasteiger charge is -2.10. The summed E-state index contributed by atoms with van der Waals surface area (Å²) in [4.78, 5) is 26.9. The first-order chi connectivity index (χ1) is 11.0. The van der Waals surface area contributed by atoms with E-state index in [0.29, 0.717) is 11.3 Å². The van der Waals surface area contributed by atoms with Crippen LogP contribution < -0.4 is 15.4 Å². The summed E-state index contributed by atoms with van der Waals surface area (Å²) in [5.41, 5.74) is 0.241. The molecule has 0 spiro atoms. The largest absolute Gasteiger partial charge is 0.497 e. The van der Waals surface area contributed by atoms with Gasteiger partial charge in [-0.2, -0.15) is 0 Å². The topological polar surface area (TPSA) is 101 Å². The Morgan fingerprint density at radius 1 is 1.22 bits per heavy atom. The number of carboxylic acids is 1. The van der Waals surface area contributed by atoms with Gasteiger partial charge in [0, 0.05) is 17.7 Å². The van der Waals surface area contributed by atoms with Gasteiger partial charge in [0.25, 0.3) is 5.91 Å². The van der Waals surface area contributed by atoms with E-state index in [9.17, 15) is 9.59 Å². The molecule has 0 aliphatic heterocycles. The standard InChI is InChI=1S/C15H13N3O4S/c1-22-10-7-11(14(20)21)16-12(8-10)17-15(23)18-13(19)9-5-3-2-4-6-9/h2-8H,1H3,(H,20,21)(H2,16,17,18,19,23). The molecule has 2 rings (SSSR count). The van der Waals surface area contributed by atoms with Crippen molar-refractivity contribution < 1.29 is 19.4 Å². The number of pyridine rings is 1. The average molecular weight is 331 g/mol. The van der Waals surface area contributed by atoms with Gasteiger partial charge in [-0.05, 0) is 24.4 Å². The number of aromatic carboxylic acids is 1. The molecule has 0 aliphatic rings. The third-order valence-electron chi connectivity index (χ3n) is 2.76. The van der Waals surface area contributed by atoms with Gasteiger partial charge in [-0.1, -0.05) is 18.2 Å². The van der Waals surface area contributed by atoms with Crippen LogP contribution in [0.15, 0.2) is 42.5 Å². The molecule has 0 unspecified atom stereocenters. The number of nitrogens with zero attached hydrogens (tertiary/aromatic N) is 1. The Bertz CT molecular complexity index is 750. The quantitative estimate of drug-likeness (QED) is 0.736. The maximum Gasteiger partial charge on any atom is 0.354 e. The number of methoxy groups -OCH3 is 1. The SMILES string of the molecule is COc1cc(NC(=S)NC(=O)c2ccccc2)nc(C(=O)O)c1. The van der Waals surface area contributed by atoms with Crippen molar-refractivity contribution >= 4 is 35.0 Å². The van der Waals surface area contributed by atoms with Crippen LogP contribution in [0.4, 0.5) is 5.82 Å². The van der Waals surface area contributed by atoms with Crippen molar-refractivity contribution in [3.05, 3.63) is 53.7 Å². The van der Waals surface area contributed by atoms with E-state index in [1.807, 2.05) is 0 Å². The molecule has 0 aliphatic carbocycles. The van der Waals surface area contributed by atoms with Crippen LogP contribution in [0.25, 0.3) is 0 Å². The smallest absolute Gasteiger partial charge is 0.354 e. The van der Waals surface area contributed by atoms with Gasteiger partial charge in [-0.3, -0.25) is 10.1 Å². The van der Waals surface area contributed by atoms with Crippen molar-refractivity contribution in [2.45, 2.75) is 0 Å². The zero-order valence-electron chi connectivity index (χ0n) is 12.1. The number of carboxylic acid groups (broad SMARTS) is 1. The number of benzene rings is 1. The number of rotatable bonds is 4. The first-order valence-corrected chi connectivity index (χ1v) is 6.87. The molecule has 7 nitrogen and oxygen atoms in total. The van der Waals surface area contributed by atoms with Crippen molar-refractivity contribution in [3.8, 4) is 5.75 Å². The maximum absolute atomic E-state index is 12.0. The van der Waals surface area contributed by atoms with Gasteiger partial charge in [0.2, 0.25) is 0 Å². The Balaban J connectivity index is 2.09. The van der Waals surface area contributed by atoms with Crippen LogP contribution in [-0.4, -0.2) is 34.2 Å². The third-order valence-corrected chi connectivity index (χ3v) is 2.96. The highest BCUT2D eigenvalue weighted by Gasteiger charge is 2.12. The molecule has 8 heteroatoms. The van der Waals surface area contributed by atoms with Gasteiger partial charge in [-0.15, -0.1) is 0 Å². The van der Waals surface area contributed by atoms with E-state index in [1.165, 1.54) is 19.2 Å². The van der Waals surface area contributed by atoms with Gasteiger partial charge in [0.15, 0.2) is 10.8 Å². The molecule has 1 aromatic heterocycles. The minimum Gasteiger partial charge on any atom is -0.497 e. The highest BCUT2D eigenvalue weighted by atomic mass is 32.1. The Morgan fingerprint density at radius 2 is 1.91 bits per heavy atom. The van der Waals surface area contributed by atoms with E-state index in [-0.39, 0.29) is 22.5 Å². The van der Waals surface area contributed by atoms with Gasteiger partial charge >= 0.3 is 5.97 Å². The minimum absolute atomic E-state index is 0.00375. The van der Waals surface area contributed by atoms with Gasteiger partial charge in [0.1, 0.15) is 11.6 Å². The van der Waals surface area contributed by atoms with E-state index in [2.05, 4.69) is 15.6 Å². The van der Waals surface area contributed by atoms with Crippen LogP contribution in [0.5, 0.6) is 5.75 Å². The van der Waals surface area contributed by atoms with E-state index in [1.54, 1.807) is 30.3 Å². The Labute approximate surface area is 137 Å². The van der Waals surface area contributed by atoms with Crippen molar-refractivity contribution in [2.24, 2.45) is 0 Å². The normalized spacial score (nSPS) is 9.78. The van der Waals surface area contributed by atoms with Gasteiger partial charge in [0.05, 0.1) is 7.11 Å². The fourth-order valence-corrected chi connectivity index (χ4v) is 1.91. The number of anilines is 1. The predicted molar refractivity (Wildman–Crippen MR) is 87.9 cm³/mol. The second-order valence-electron chi connectivity index (χ2n) is 4.36. The number of thiocarbonyl (C=S) groups is 1. The number of hydrogen-bond acceptors (Lipinski definition) is 5. The number of carbonyl (C=O) groups excluding carboxylic acids is 1. The molecule has 0 radical (unpaired) electrons. The highest BCUT2D eigenvalue weighted by molar-refractivity contribution is 7.80. The molecule has 0 bridgehead atoms. The van der Waals surface area contributed by atoms with Crippen LogP contribution in [0.1, 0.15) is 20.8 Å². The number of nitrogens with one attached hydrogen (secondary N) is 2. The number of carbonyl (C=O) groups is 2. The Kier molecular flexibility index (Phi) is 5.21. The minimum atomic E-state index is -1.20. The number of amides is 1. The first kappa shape index (κ1) is 16.4. The molecule has 0 fully saturated rings. The molecule has 2 aromatic rings. The van der Waals surface area contributed by atoms with E-state index < -0.39 is 5.97 Å². The molecule has 118 valence electrons. The summed E-state index contributed by atoms with van der Waals surface area (Å²) in [6.07, 6.45) is 0. The van der Waals surface area contributed by atoms with E-state index in [0.717, 1.165) is 0 Å². The molecular weight excluding hydrogens is 318 g/mol. The van der Waals surface area contributed by atoms with Gasteiger partial charge in [-0.25, -0.2) is 9.78 Å². The lowest BCUT2D eigenvalue weighted by molar-refractivity contribution is 0.0690. The zero-order valence-corrected chi connectivity index (χ0v) is 12.9. The number of ether oxygens (including phenoxy) is 1. The fourth-order valence-electron chi connectivity index (χ4n) is 1.71. The summed E-state index contributed by atoms with van der Waals surface area (Å²) in [7, 11) is 1.40. The van der Waals surface area contributed by atoms with Crippen LogP contribution in [0, 0.1) is 0 Å². The summed E-state index contributed by atoms with van der Waals surface area (Å²) in [5.74, 6) is -1.13. The van der Waals surface area contributed by atoms with E-state index >= 15 is 0 Å². The molecule has 1 aromatic carbocycles. The molecule has 0 saturated heterocycles. The number of aromatic nitrogens is 1. The predicted octanol–water partition coefficient (Wildman–Crippen LogP) is 1.92.